The number of hydrogen-bond donors (Lipinski definition) is 1. The Kier molecular flexibility index (Phi) is 7.80. The lowest BCUT2D eigenvalue weighted by molar-refractivity contribution is -0.139. The van der Waals surface area contributed by atoms with Gasteiger partial charge in [0.15, 0.2) is 12.0 Å². The number of para-hydroxylation sites is 1. The largest absolute Gasteiger partial charge is 0.456 e. The number of rotatable bonds is 8. The lowest BCUT2D eigenvalue weighted by Gasteiger charge is -2.28. The van der Waals surface area contributed by atoms with Crippen LogP contribution in [0.15, 0.2) is 82.8 Å². The monoisotopic (exact) mass is 585 g/mol. The van der Waals surface area contributed by atoms with Crippen molar-refractivity contribution in [3.63, 3.8) is 0 Å². The van der Waals surface area contributed by atoms with Gasteiger partial charge < -0.3 is 0 Å². The highest BCUT2D eigenvalue weighted by molar-refractivity contribution is 7.89. The second-order valence-electron chi connectivity index (χ2n) is 9.11. The minimum atomic E-state index is -4.88. The first-order valence-electron chi connectivity index (χ1n) is 11.8. The summed E-state index contributed by atoms with van der Waals surface area (Å²) in [7, 11) is -4.01. The average Bonchev–Trinajstić information content (AvgIpc) is 3.18. The van der Waals surface area contributed by atoms with E-state index in [1.165, 1.54) is 18.2 Å². The summed E-state index contributed by atoms with van der Waals surface area (Å²) in [5, 5.41) is 9.33. The third kappa shape index (κ3) is 6.18. The number of quaternary nitrogens is 1. The van der Waals surface area contributed by atoms with Crippen molar-refractivity contribution in [1.82, 2.24) is 9.49 Å². The SMILES string of the molecule is NS(=O)(=O)c1ccccc1-c1ccc(CN2C=N[N+](CCCC(F)(F)F)(c3ccccc3C(F)(F)F)C2=O)cc1. The lowest BCUT2D eigenvalue weighted by Crippen LogP contribution is -2.52. The van der Waals surface area contributed by atoms with Gasteiger partial charge in [-0.05, 0) is 23.3 Å². The van der Waals surface area contributed by atoms with Crippen LogP contribution in [0.3, 0.4) is 0 Å². The molecule has 0 saturated heterocycles. The van der Waals surface area contributed by atoms with Crippen molar-refractivity contribution in [2.45, 2.75) is 36.6 Å². The number of halogens is 6. The Hall–Kier alpha value is -3.75. The summed E-state index contributed by atoms with van der Waals surface area (Å²) in [5.74, 6) is 0. The van der Waals surface area contributed by atoms with Gasteiger partial charge in [0.2, 0.25) is 10.0 Å². The number of urea groups is 1. The van der Waals surface area contributed by atoms with E-state index < -0.39 is 63.6 Å². The molecular weight excluding hydrogens is 562 g/mol. The summed E-state index contributed by atoms with van der Waals surface area (Å²) in [5.41, 5.74) is -0.384. The van der Waals surface area contributed by atoms with E-state index in [0.29, 0.717) is 16.7 Å². The summed E-state index contributed by atoms with van der Waals surface area (Å²) < 4.78 is 103. The van der Waals surface area contributed by atoms with E-state index in [0.717, 1.165) is 29.4 Å². The van der Waals surface area contributed by atoms with E-state index in [1.807, 2.05) is 0 Å². The molecule has 0 radical (unpaired) electrons. The fraction of sp³-hybridized carbons (Fsp3) is 0.231. The van der Waals surface area contributed by atoms with Crippen LogP contribution in [0.1, 0.15) is 24.0 Å². The third-order valence-corrected chi connectivity index (χ3v) is 7.28. The molecule has 1 atom stereocenters. The van der Waals surface area contributed by atoms with Crippen LogP contribution < -0.4 is 9.73 Å². The number of alkyl halides is 6. The molecule has 1 unspecified atom stereocenters. The van der Waals surface area contributed by atoms with Gasteiger partial charge >= 0.3 is 18.4 Å². The molecule has 2 amide bonds. The lowest BCUT2D eigenvalue weighted by atomic mass is 10.0. The van der Waals surface area contributed by atoms with Gasteiger partial charge in [0.1, 0.15) is 12.1 Å². The molecule has 40 heavy (non-hydrogen) atoms. The predicted molar refractivity (Wildman–Crippen MR) is 136 cm³/mol. The van der Waals surface area contributed by atoms with Crippen LogP contribution in [0.2, 0.25) is 0 Å². The van der Waals surface area contributed by atoms with Crippen molar-refractivity contribution >= 4 is 28.1 Å². The van der Waals surface area contributed by atoms with Gasteiger partial charge in [0.25, 0.3) is 0 Å². The quantitative estimate of drug-likeness (QED) is 0.250. The molecule has 0 bridgehead atoms. The molecule has 3 aromatic carbocycles. The van der Waals surface area contributed by atoms with Crippen LogP contribution in [0.5, 0.6) is 0 Å². The maximum absolute atomic E-state index is 13.8. The van der Waals surface area contributed by atoms with Crippen LogP contribution >= 0.6 is 0 Å². The highest BCUT2D eigenvalue weighted by Gasteiger charge is 2.52. The van der Waals surface area contributed by atoms with E-state index in [1.54, 1.807) is 36.4 Å². The van der Waals surface area contributed by atoms with Crippen molar-refractivity contribution in [3.8, 4) is 11.1 Å². The molecule has 1 aliphatic rings. The molecule has 0 spiro atoms. The Morgan fingerprint density at radius 2 is 1.50 bits per heavy atom. The highest BCUT2D eigenvalue weighted by atomic mass is 32.2. The Labute approximate surface area is 225 Å². The van der Waals surface area contributed by atoms with Crippen LogP contribution in [0.25, 0.3) is 11.1 Å². The maximum Gasteiger partial charge on any atom is 0.456 e. The molecule has 0 saturated carbocycles. The summed E-state index contributed by atoms with van der Waals surface area (Å²) in [6.45, 7) is -0.783. The molecule has 7 nitrogen and oxygen atoms in total. The van der Waals surface area contributed by atoms with Crippen LogP contribution in [0, 0.1) is 0 Å². The topological polar surface area (TPSA) is 92.8 Å². The first-order valence-corrected chi connectivity index (χ1v) is 13.4. The van der Waals surface area contributed by atoms with Crippen molar-refractivity contribution in [3.05, 3.63) is 83.9 Å². The molecule has 212 valence electrons. The second kappa shape index (κ2) is 10.7. The third-order valence-electron chi connectivity index (χ3n) is 6.31. The van der Waals surface area contributed by atoms with E-state index in [-0.39, 0.29) is 11.4 Å². The second-order valence-corrected chi connectivity index (χ2v) is 10.6. The van der Waals surface area contributed by atoms with Gasteiger partial charge in [0, 0.05) is 24.5 Å². The number of hydrogen-bond acceptors (Lipinski definition) is 4. The molecule has 0 aliphatic carbocycles. The zero-order valence-electron chi connectivity index (χ0n) is 20.7. The number of carbonyl (C=O) groups is 1. The number of benzene rings is 3. The number of nitrogens with two attached hydrogens (primary N) is 1. The van der Waals surface area contributed by atoms with Gasteiger partial charge in [-0.2, -0.15) is 26.3 Å². The van der Waals surface area contributed by atoms with Crippen LogP contribution in [0.4, 0.5) is 36.8 Å². The average molecular weight is 586 g/mol. The van der Waals surface area contributed by atoms with Crippen LogP contribution in [-0.4, -0.2) is 38.4 Å². The minimum Gasteiger partial charge on any atom is -0.240 e. The Balaban J connectivity index is 1.63. The number of amides is 2. The smallest absolute Gasteiger partial charge is 0.240 e. The Morgan fingerprint density at radius 1 is 0.875 bits per heavy atom. The standard InChI is InChI=1S/C26H23F6N4O3S/c27-25(28,29)14-5-15-36(22-8-3-2-7-21(22)26(30,31)32)24(37)35(17-34-36)16-18-10-12-19(13-11-18)20-6-1-4-9-23(20)40(33,38)39/h1-4,6-13,17H,5,14-16H2,(H2,33,38,39)/q+1. The Morgan fingerprint density at radius 3 is 2.12 bits per heavy atom. The zero-order chi connectivity index (χ0) is 29.3. The minimum absolute atomic E-state index is 0.0890. The molecule has 1 heterocycles. The van der Waals surface area contributed by atoms with Crippen molar-refractivity contribution in [1.29, 1.82) is 0 Å². The first kappa shape index (κ1) is 29.2. The fourth-order valence-electron chi connectivity index (χ4n) is 4.49. The zero-order valence-corrected chi connectivity index (χ0v) is 21.5. The van der Waals surface area contributed by atoms with Gasteiger partial charge in [-0.25, -0.2) is 23.3 Å². The van der Waals surface area contributed by atoms with Crippen molar-refractivity contribution < 1.29 is 39.6 Å². The Bertz CT molecular complexity index is 1540. The predicted octanol–water partition coefficient (Wildman–Crippen LogP) is 6.25. The van der Waals surface area contributed by atoms with Crippen molar-refractivity contribution in [2.24, 2.45) is 10.2 Å². The maximum atomic E-state index is 13.8. The summed E-state index contributed by atoms with van der Waals surface area (Å²) in [4.78, 5) is 14.5. The molecule has 14 heteroatoms. The molecule has 3 aromatic rings. The molecule has 1 aliphatic heterocycles. The molecule has 0 aromatic heterocycles. The van der Waals surface area contributed by atoms with Gasteiger partial charge in [0.05, 0.1) is 11.4 Å². The molecule has 4 rings (SSSR count). The fourth-order valence-corrected chi connectivity index (χ4v) is 5.25. The van der Waals surface area contributed by atoms with E-state index in [9.17, 15) is 39.6 Å². The summed E-state index contributed by atoms with van der Waals surface area (Å²) >= 11 is 0. The summed E-state index contributed by atoms with van der Waals surface area (Å²) in [6.07, 6.45) is -10.4. The number of primary sulfonamides is 1. The summed E-state index contributed by atoms with van der Waals surface area (Å²) in [6, 6.07) is 15.6. The molecule has 2 N–H and O–H groups in total. The molecular formula is C26H23F6N4O3S+. The number of carbonyl (C=O) groups excluding carboxylic acids is 1. The van der Waals surface area contributed by atoms with Gasteiger partial charge in [-0.15, -0.1) is 0 Å². The van der Waals surface area contributed by atoms with Crippen LogP contribution in [-0.2, 0) is 22.7 Å². The normalized spacial score (nSPS) is 18.0. The molecule has 0 fully saturated rings. The highest BCUT2D eigenvalue weighted by Crippen LogP contribution is 2.42. The van der Waals surface area contributed by atoms with E-state index >= 15 is 0 Å². The van der Waals surface area contributed by atoms with Gasteiger partial charge in [-0.1, -0.05) is 64.3 Å². The number of nitrogens with zero attached hydrogens (tertiary/aromatic N) is 3. The van der Waals surface area contributed by atoms with Gasteiger partial charge in [-0.3, -0.25) is 0 Å². The van der Waals surface area contributed by atoms with E-state index in [2.05, 4.69) is 5.10 Å². The first-order chi connectivity index (χ1) is 18.6. The van der Waals surface area contributed by atoms with Crippen molar-refractivity contribution in [2.75, 3.05) is 6.54 Å². The van der Waals surface area contributed by atoms with E-state index in [4.69, 9.17) is 5.14 Å². The number of sulfonamides is 1.